The number of carbonyl (C=O) groups is 1. The summed E-state index contributed by atoms with van der Waals surface area (Å²) in [6.07, 6.45) is 2.17. The molecule has 2 unspecified atom stereocenters. The SMILES string of the molecule is CCNCCC1CC1c1ccc(C(C)=O)cc1F. The van der Waals surface area contributed by atoms with Crippen molar-refractivity contribution in [2.45, 2.75) is 32.6 Å². The van der Waals surface area contributed by atoms with Gasteiger partial charge in [0.1, 0.15) is 5.82 Å². The maximum absolute atomic E-state index is 13.9. The summed E-state index contributed by atoms with van der Waals surface area (Å²) in [5, 5.41) is 3.29. The Kier molecular flexibility index (Phi) is 4.12. The predicted molar refractivity (Wildman–Crippen MR) is 70.4 cm³/mol. The number of carbonyl (C=O) groups excluding carboxylic acids is 1. The lowest BCUT2D eigenvalue weighted by molar-refractivity contribution is 0.101. The first-order valence-corrected chi connectivity index (χ1v) is 6.64. The largest absolute Gasteiger partial charge is 0.317 e. The second-order valence-corrected chi connectivity index (χ2v) is 5.04. The van der Waals surface area contributed by atoms with E-state index in [0.29, 0.717) is 17.4 Å². The molecule has 0 aromatic heterocycles. The highest BCUT2D eigenvalue weighted by molar-refractivity contribution is 5.94. The van der Waals surface area contributed by atoms with Crippen LogP contribution in [0.25, 0.3) is 0 Å². The van der Waals surface area contributed by atoms with Gasteiger partial charge in [-0.05, 0) is 56.3 Å². The van der Waals surface area contributed by atoms with Crippen molar-refractivity contribution in [3.63, 3.8) is 0 Å². The van der Waals surface area contributed by atoms with Crippen molar-refractivity contribution in [1.29, 1.82) is 0 Å². The number of halogens is 1. The standard InChI is InChI=1S/C15H20FNO/c1-3-17-7-6-12-8-14(12)13-5-4-11(10(2)18)9-15(13)16/h4-5,9,12,14,17H,3,6-8H2,1-2H3. The third kappa shape index (κ3) is 2.96. The van der Waals surface area contributed by atoms with Gasteiger partial charge in [-0.2, -0.15) is 0 Å². The van der Waals surface area contributed by atoms with Gasteiger partial charge >= 0.3 is 0 Å². The van der Waals surface area contributed by atoms with E-state index >= 15 is 0 Å². The second-order valence-electron chi connectivity index (χ2n) is 5.04. The fraction of sp³-hybridized carbons (Fsp3) is 0.533. The van der Waals surface area contributed by atoms with E-state index < -0.39 is 0 Å². The van der Waals surface area contributed by atoms with Crippen molar-refractivity contribution >= 4 is 5.78 Å². The van der Waals surface area contributed by atoms with Gasteiger partial charge in [-0.15, -0.1) is 0 Å². The van der Waals surface area contributed by atoms with Gasteiger partial charge in [-0.1, -0.05) is 19.1 Å². The summed E-state index contributed by atoms with van der Waals surface area (Å²) in [5.41, 5.74) is 1.24. The van der Waals surface area contributed by atoms with Crippen molar-refractivity contribution in [1.82, 2.24) is 5.32 Å². The van der Waals surface area contributed by atoms with Gasteiger partial charge in [0.15, 0.2) is 5.78 Å². The number of hydrogen-bond acceptors (Lipinski definition) is 2. The summed E-state index contributed by atoms with van der Waals surface area (Å²) in [6.45, 7) is 5.54. The van der Waals surface area contributed by atoms with Crippen LogP contribution in [0.15, 0.2) is 18.2 Å². The van der Waals surface area contributed by atoms with Crippen LogP contribution >= 0.6 is 0 Å². The van der Waals surface area contributed by atoms with Crippen molar-refractivity contribution in [3.05, 3.63) is 35.1 Å². The van der Waals surface area contributed by atoms with Crippen LogP contribution < -0.4 is 5.32 Å². The van der Waals surface area contributed by atoms with Gasteiger partial charge in [0.2, 0.25) is 0 Å². The molecular formula is C15H20FNO. The summed E-state index contributed by atoms with van der Waals surface area (Å²) < 4.78 is 13.9. The minimum atomic E-state index is -0.223. The molecule has 0 heterocycles. The van der Waals surface area contributed by atoms with Crippen LogP contribution in [-0.2, 0) is 0 Å². The molecule has 18 heavy (non-hydrogen) atoms. The third-order valence-corrected chi connectivity index (χ3v) is 3.67. The monoisotopic (exact) mass is 249 g/mol. The van der Waals surface area contributed by atoms with E-state index in [9.17, 15) is 9.18 Å². The number of hydrogen-bond donors (Lipinski definition) is 1. The normalized spacial score (nSPS) is 21.9. The van der Waals surface area contributed by atoms with Crippen molar-refractivity contribution in [3.8, 4) is 0 Å². The van der Waals surface area contributed by atoms with E-state index in [-0.39, 0.29) is 11.6 Å². The quantitative estimate of drug-likeness (QED) is 0.620. The Morgan fingerprint density at radius 3 is 2.89 bits per heavy atom. The lowest BCUT2D eigenvalue weighted by Gasteiger charge is -2.05. The number of rotatable bonds is 6. The van der Waals surface area contributed by atoms with Gasteiger partial charge in [0.25, 0.3) is 0 Å². The van der Waals surface area contributed by atoms with E-state index in [1.165, 1.54) is 13.0 Å². The van der Waals surface area contributed by atoms with E-state index in [2.05, 4.69) is 12.2 Å². The molecule has 1 aliphatic carbocycles. The van der Waals surface area contributed by atoms with Crippen LogP contribution in [0.3, 0.4) is 0 Å². The lowest BCUT2D eigenvalue weighted by atomic mass is 10.0. The number of ketones is 1. The molecule has 0 spiro atoms. The van der Waals surface area contributed by atoms with Crippen molar-refractivity contribution in [2.24, 2.45) is 5.92 Å². The molecule has 2 nitrogen and oxygen atoms in total. The Morgan fingerprint density at radius 2 is 2.28 bits per heavy atom. The smallest absolute Gasteiger partial charge is 0.159 e. The summed E-state index contributed by atoms with van der Waals surface area (Å²) in [5.74, 6) is 0.644. The van der Waals surface area contributed by atoms with E-state index in [1.54, 1.807) is 12.1 Å². The molecule has 0 radical (unpaired) electrons. The molecule has 2 rings (SSSR count). The molecule has 1 aromatic carbocycles. The van der Waals surface area contributed by atoms with Gasteiger partial charge < -0.3 is 5.32 Å². The molecular weight excluding hydrogens is 229 g/mol. The number of benzene rings is 1. The first kappa shape index (κ1) is 13.2. The van der Waals surface area contributed by atoms with Crippen molar-refractivity contribution in [2.75, 3.05) is 13.1 Å². The Bertz CT molecular complexity index is 444. The molecule has 1 saturated carbocycles. The van der Waals surface area contributed by atoms with E-state index in [0.717, 1.165) is 31.5 Å². The molecule has 1 aromatic rings. The minimum Gasteiger partial charge on any atom is -0.317 e. The fourth-order valence-electron chi connectivity index (χ4n) is 2.46. The third-order valence-electron chi connectivity index (χ3n) is 3.67. The zero-order valence-corrected chi connectivity index (χ0v) is 11.0. The number of nitrogens with one attached hydrogen (secondary N) is 1. The van der Waals surface area contributed by atoms with Crippen LogP contribution in [0.2, 0.25) is 0 Å². The zero-order chi connectivity index (χ0) is 13.1. The van der Waals surface area contributed by atoms with Crippen LogP contribution in [-0.4, -0.2) is 18.9 Å². The maximum Gasteiger partial charge on any atom is 0.159 e. The Hall–Kier alpha value is -1.22. The van der Waals surface area contributed by atoms with Crippen LogP contribution in [0, 0.1) is 11.7 Å². The average Bonchev–Trinajstić information content (AvgIpc) is 3.08. The first-order chi connectivity index (χ1) is 8.63. The van der Waals surface area contributed by atoms with Crippen LogP contribution in [0.1, 0.15) is 48.5 Å². The maximum atomic E-state index is 13.9. The lowest BCUT2D eigenvalue weighted by Crippen LogP contribution is -2.14. The molecule has 3 heteroatoms. The highest BCUT2D eigenvalue weighted by Gasteiger charge is 2.39. The van der Waals surface area contributed by atoms with Gasteiger partial charge in [0, 0.05) is 5.56 Å². The fourth-order valence-corrected chi connectivity index (χ4v) is 2.46. The first-order valence-electron chi connectivity index (χ1n) is 6.64. The Balaban J connectivity index is 1.97. The van der Waals surface area contributed by atoms with Crippen LogP contribution in [0.5, 0.6) is 0 Å². The minimum absolute atomic E-state index is 0.0834. The van der Waals surface area contributed by atoms with Gasteiger partial charge in [-0.3, -0.25) is 4.79 Å². The van der Waals surface area contributed by atoms with Gasteiger partial charge in [0.05, 0.1) is 0 Å². The molecule has 98 valence electrons. The van der Waals surface area contributed by atoms with Crippen molar-refractivity contribution < 1.29 is 9.18 Å². The average molecular weight is 249 g/mol. The zero-order valence-electron chi connectivity index (χ0n) is 11.0. The van der Waals surface area contributed by atoms with E-state index in [4.69, 9.17) is 0 Å². The topological polar surface area (TPSA) is 29.1 Å². The van der Waals surface area contributed by atoms with Gasteiger partial charge in [-0.25, -0.2) is 4.39 Å². The summed E-state index contributed by atoms with van der Waals surface area (Å²) in [4.78, 5) is 11.2. The van der Waals surface area contributed by atoms with E-state index in [1.807, 2.05) is 0 Å². The molecule has 0 amide bonds. The number of Topliss-reactive ketones (excluding diaryl/α,β-unsaturated/α-hetero) is 1. The summed E-state index contributed by atoms with van der Waals surface area (Å²) in [7, 11) is 0. The highest BCUT2D eigenvalue weighted by atomic mass is 19.1. The highest BCUT2D eigenvalue weighted by Crippen LogP contribution is 2.50. The molecule has 1 aliphatic rings. The Labute approximate surface area is 108 Å². The van der Waals surface area contributed by atoms with Crippen LogP contribution in [0.4, 0.5) is 4.39 Å². The summed E-state index contributed by atoms with van der Waals surface area (Å²) in [6, 6.07) is 4.89. The molecule has 0 saturated heterocycles. The molecule has 0 bridgehead atoms. The predicted octanol–water partition coefficient (Wildman–Crippen LogP) is 3.13. The molecule has 1 N–H and O–H groups in total. The second kappa shape index (κ2) is 5.61. The molecule has 0 aliphatic heterocycles. The summed E-state index contributed by atoms with van der Waals surface area (Å²) >= 11 is 0. The molecule has 2 atom stereocenters. The Morgan fingerprint density at radius 1 is 1.50 bits per heavy atom. The molecule has 1 fully saturated rings.